The van der Waals surface area contributed by atoms with E-state index in [1.807, 2.05) is 0 Å². The second-order valence-corrected chi connectivity index (χ2v) is 6.73. The maximum absolute atomic E-state index is 13.4. The average Bonchev–Trinajstić information content (AvgIpc) is 2.47. The van der Waals surface area contributed by atoms with Gasteiger partial charge < -0.3 is 0 Å². The minimum atomic E-state index is -5.19. The third kappa shape index (κ3) is 4.09. The lowest BCUT2D eigenvalue weighted by molar-refractivity contribution is -0.385. The highest BCUT2D eigenvalue weighted by Gasteiger charge is 2.40. The molecule has 0 aromatic heterocycles. The highest BCUT2D eigenvalue weighted by molar-refractivity contribution is 7.85. The molecule has 0 aliphatic carbocycles. The molecule has 2 rings (SSSR count). The number of benzene rings is 2. The van der Waals surface area contributed by atoms with Crippen LogP contribution in [0.1, 0.15) is 16.7 Å². The van der Waals surface area contributed by atoms with Crippen molar-refractivity contribution in [3.63, 3.8) is 0 Å². The van der Waals surface area contributed by atoms with Gasteiger partial charge in [-0.3, -0.25) is 14.7 Å². The summed E-state index contributed by atoms with van der Waals surface area (Å²) in [6, 6.07) is 6.46. The summed E-state index contributed by atoms with van der Waals surface area (Å²) in [5, 5.41) is 10.6. The van der Waals surface area contributed by atoms with E-state index in [9.17, 15) is 31.7 Å². The number of halogens is 4. The summed E-state index contributed by atoms with van der Waals surface area (Å²) < 4.78 is 71.9. The summed E-state index contributed by atoms with van der Waals surface area (Å²) in [6.45, 7) is 0. The van der Waals surface area contributed by atoms with Crippen LogP contribution >= 0.6 is 11.6 Å². The van der Waals surface area contributed by atoms with Crippen LogP contribution in [-0.4, -0.2) is 17.9 Å². The Morgan fingerprint density at radius 1 is 1.16 bits per heavy atom. The van der Waals surface area contributed by atoms with Gasteiger partial charge in [0.05, 0.1) is 10.5 Å². The highest BCUT2D eigenvalue weighted by atomic mass is 35.5. The van der Waals surface area contributed by atoms with Crippen LogP contribution in [0.25, 0.3) is 0 Å². The Morgan fingerprint density at radius 3 is 2.28 bits per heavy atom. The van der Waals surface area contributed by atoms with Crippen molar-refractivity contribution in [1.82, 2.24) is 0 Å². The average molecular weight is 396 g/mol. The number of para-hydroxylation sites is 1. The van der Waals surface area contributed by atoms with Crippen LogP contribution in [0.4, 0.5) is 18.9 Å². The lowest BCUT2D eigenvalue weighted by Crippen LogP contribution is -2.17. The number of rotatable bonds is 4. The van der Waals surface area contributed by atoms with Crippen molar-refractivity contribution in [2.75, 3.05) is 0 Å². The Morgan fingerprint density at radius 2 is 1.76 bits per heavy atom. The second-order valence-electron chi connectivity index (χ2n) is 4.93. The van der Waals surface area contributed by atoms with Gasteiger partial charge in [-0.1, -0.05) is 29.8 Å². The molecule has 0 radical (unpaired) electrons. The number of nitro groups is 1. The van der Waals surface area contributed by atoms with Gasteiger partial charge in [-0.25, -0.2) is 0 Å². The molecule has 25 heavy (non-hydrogen) atoms. The Bertz CT molecular complexity index is 944. The van der Waals surface area contributed by atoms with Crippen LogP contribution in [0.3, 0.4) is 0 Å². The van der Waals surface area contributed by atoms with Crippen molar-refractivity contribution in [2.24, 2.45) is 0 Å². The molecule has 0 saturated heterocycles. The molecule has 11 heteroatoms. The minimum Gasteiger partial charge on any atom is -0.282 e. The van der Waals surface area contributed by atoms with E-state index in [-0.39, 0.29) is 5.56 Å². The van der Waals surface area contributed by atoms with Gasteiger partial charge in [0.15, 0.2) is 0 Å². The summed E-state index contributed by atoms with van der Waals surface area (Å²) in [4.78, 5) is 8.88. The lowest BCUT2D eigenvalue weighted by Gasteiger charge is -2.17. The highest BCUT2D eigenvalue weighted by Crippen LogP contribution is 2.41. The van der Waals surface area contributed by atoms with Crippen molar-refractivity contribution < 1.29 is 31.1 Å². The summed E-state index contributed by atoms with van der Waals surface area (Å²) in [5.41, 5.74) is -2.87. The van der Waals surface area contributed by atoms with Crippen molar-refractivity contribution in [3.05, 3.63) is 68.2 Å². The quantitative estimate of drug-likeness (QED) is 0.477. The number of nitrogens with zero attached hydrogens (tertiary/aromatic N) is 1. The number of nitro benzene ring substituents is 1. The minimum absolute atomic E-state index is 0.0904. The molecule has 0 heterocycles. The van der Waals surface area contributed by atoms with Crippen LogP contribution in [0.5, 0.6) is 0 Å². The zero-order valence-corrected chi connectivity index (χ0v) is 13.7. The summed E-state index contributed by atoms with van der Waals surface area (Å²) >= 11 is 5.79. The summed E-state index contributed by atoms with van der Waals surface area (Å²) in [6.07, 6.45) is -5.80. The van der Waals surface area contributed by atoms with Crippen LogP contribution < -0.4 is 0 Å². The van der Waals surface area contributed by atoms with Crippen LogP contribution in [0, 0.1) is 10.1 Å². The molecule has 134 valence electrons. The van der Waals surface area contributed by atoms with Crippen LogP contribution in [0.2, 0.25) is 5.02 Å². The van der Waals surface area contributed by atoms with Crippen LogP contribution in [0.15, 0.2) is 41.3 Å². The van der Waals surface area contributed by atoms with Gasteiger partial charge in [0.25, 0.3) is 15.8 Å². The van der Waals surface area contributed by atoms with Gasteiger partial charge in [-0.2, -0.15) is 21.6 Å². The van der Waals surface area contributed by atoms with E-state index in [1.54, 1.807) is 0 Å². The van der Waals surface area contributed by atoms with E-state index < -0.39 is 54.4 Å². The molecule has 1 N–H and O–H groups in total. The van der Waals surface area contributed by atoms with Gasteiger partial charge >= 0.3 is 6.18 Å². The summed E-state index contributed by atoms with van der Waals surface area (Å²) in [7, 11) is -5.19. The zero-order chi connectivity index (χ0) is 19.0. The fraction of sp³-hybridized carbons (Fsp3) is 0.143. The Hall–Kier alpha value is -2.17. The maximum Gasteiger partial charge on any atom is 0.418 e. The topological polar surface area (TPSA) is 97.5 Å². The smallest absolute Gasteiger partial charge is 0.282 e. The zero-order valence-electron chi connectivity index (χ0n) is 12.1. The molecule has 0 bridgehead atoms. The number of hydrogen-bond acceptors (Lipinski definition) is 4. The van der Waals surface area contributed by atoms with E-state index in [0.29, 0.717) is 6.07 Å². The maximum atomic E-state index is 13.4. The molecule has 6 nitrogen and oxygen atoms in total. The van der Waals surface area contributed by atoms with Crippen LogP contribution in [-0.2, 0) is 22.7 Å². The van der Waals surface area contributed by atoms with Gasteiger partial charge in [-0.05, 0) is 17.7 Å². The first-order chi connectivity index (χ1) is 11.4. The van der Waals surface area contributed by atoms with Gasteiger partial charge in [0, 0.05) is 23.1 Å². The van der Waals surface area contributed by atoms with Crippen molar-refractivity contribution in [2.45, 2.75) is 17.5 Å². The first-order valence-electron chi connectivity index (χ1n) is 6.51. The van der Waals surface area contributed by atoms with E-state index in [2.05, 4.69) is 0 Å². The third-order valence-corrected chi connectivity index (χ3v) is 4.58. The SMILES string of the molecule is O=[N+]([O-])c1ccccc1Cc1c(Cl)ccc(S(=O)(=O)O)c1C(F)(F)F. The van der Waals surface area contributed by atoms with Crippen molar-refractivity contribution >= 4 is 27.4 Å². The predicted molar refractivity (Wildman–Crippen MR) is 82.2 cm³/mol. The normalized spacial score (nSPS) is 12.2. The molecule has 0 atom stereocenters. The standard InChI is InChI=1S/C14H9ClF3NO5S/c15-10-5-6-12(25(22,23)24)13(14(16,17)18)9(10)7-8-3-1-2-4-11(8)19(20)21/h1-6H,7H2,(H,22,23,24). The second kappa shape index (κ2) is 6.62. The van der Waals surface area contributed by atoms with E-state index >= 15 is 0 Å². The monoisotopic (exact) mass is 395 g/mol. The Kier molecular flexibility index (Phi) is 5.07. The predicted octanol–water partition coefficient (Wildman–Crippen LogP) is 4.10. The molecular formula is C14H9ClF3NO5S. The van der Waals surface area contributed by atoms with E-state index in [4.69, 9.17) is 16.2 Å². The van der Waals surface area contributed by atoms with Gasteiger partial charge in [0.2, 0.25) is 0 Å². The lowest BCUT2D eigenvalue weighted by atomic mass is 9.98. The fourth-order valence-electron chi connectivity index (χ4n) is 2.33. The first-order valence-corrected chi connectivity index (χ1v) is 8.33. The largest absolute Gasteiger partial charge is 0.418 e. The van der Waals surface area contributed by atoms with E-state index in [0.717, 1.165) is 12.1 Å². The van der Waals surface area contributed by atoms with Gasteiger partial charge in [0.1, 0.15) is 4.90 Å². The van der Waals surface area contributed by atoms with Gasteiger partial charge in [-0.15, -0.1) is 0 Å². The molecule has 0 saturated carbocycles. The molecule has 0 unspecified atom stereocenters. The van der Waals surface area contributed by atoms with Crippen molar-refractivity contribution in [3.8, 4) is 0 Å². The fourth-order valence-corrected chi connectivity index (χ4v) is 3.29. The molecule has 2 aromatic carbocycles. The molecular weight excluding hydrogens is 387 g/mol. The first kappa shape index (κ1) is 19.2. The molecule has 0 fully saturated rings. The molecule has 0 amide bonds. The number of alkyl halides is 3. The third-order valence-electron chi connectivity index (χ3n) is 3.33. The van der Waals surface area contributed by atoms with Crippen molar-refractivity contribution in [1.29, 1.82) is 0 Å². The van der Waals surface area contributed by atoms with E-state index in [1.165, 1.54) is 18.2 Å². The molecule has 0 aliphatic rings. The Labute approximate surface area is 144 Å². The Balaban J connectivity index is 2.77. The molecule has 0 aliphatic heterocycles. The molecule has 2 aromatic rings. The summed E-state index contributed by atoms with van der Waals surface area (Å²) in [5.74, 6) is 0. The molecule has 0 spiro atoms. The number of hydrogen-bond donors (Lipinski definition) is 1.